The maximum Gasteiger partial charge on any atom is 0.240 e. The van der Waals surface area contributed by atoms with E-state index in [1.807, 2.05) is 0 Å². The Kier molecular flexibility index (Phi) is 7.70. The molecule has 0 radical (unpaired) electrons. The number of aliphatic hydroxyl groups excluding tert-OH is 2. The van der Waals surface area contributed by atoms with Crippen molar-refractivity contribution in [1.29, 1.82) is 0 Å². The third kappa shape index (κ3) is 5.17. The molecule has 7 nitrogen and oxygen atoms in total. The third-order valence-corrected chi connectivity index (χ3v) is 12.7. The van der Waals surface area contributed by atoms with E-state index in [9.17, 15) is 27.8 Å². The highest BCUT2D eigenvalue weighted by Gasteiger charge is 2.62. The van der Waals surface area contributed by atoms with Crippen LogP contribution in [0.25, 0.3) is 0 Å². The SMILES string of the molecule is C[C@H](CCC(=O)Nc1ccc(S(N)(=O)=O)c(F)c1)[C@H]1CC[C@H]2[C@@H]3[C@H](O)C[C@@H]4C[C@H](O)CC[C@]4(C)[C@H]3CC[C@]12C. The number of benzene rings is 1. The number of nitrogens with one attached hydrogen (secondary N) is 1. The average molecular weight is 565 g/mol. The molecule has 218 valence electrons. The highest BCUT2D eigenvalue weighted by molar-refractivity contribution is 7.89. The molecule has 9 heteroatoms. The summed E-state index contributed by atoms with van der Waals surface area (Å²) in [5, 5.41) is 29.4. The van der Waals surface area contributed by atoms with Crippen LogP contribution in [0.3, 0.4) is 0 Å². The number of carbonyl (C=O) groups is 1. The van der Waals surface area contributed by atoms with Crippen LogP contribution >= 0.6 is 0 Å². The molecule has 4 aliphatic rings. The molecule has 0 heterocycles. The first kappa shape index (κ1) is 29.0. The van der Waals surface area contributed by atoms with E-state index in [0.717, 1.165) is 63.5 Å². The summed E-state index contributed by atoms with van der Waals surface area (Å²) in [5.41, 5.74) is 0.553. The van der Waals surface area contributed by atoms with Gasteiger partial charge in [0.15, 0.2) is 0 Å². The first-order chi connectivity index (χ1) is 18.2. The highest BCUT2D eigenvalue weighted by atomic mass is 32.2. The fourth-order valence-corrected chi connectivity index (χ4v) is 10.4. The largest absolute Gasteiger partial charge is 0.393 e. The summed E-state index contributed by atoms with van der Waals surface area (Å²) in [5.74, 6) is 1.31. The molecule has 0 saturated heterocycles. The number of hydrogen-bond donors (Lipinski definition) is 4. The van der Waals surface area contributed by atoms with Gasteiger partial charge in [0, 0.05) is 12.1 Å². The number of halogens is 1. The quantitative estimate of drug-likeness (QED) is 0.394. The summed E-state index contributed by atoms with van der Waals surface area (Å²) < 4.78 is 37.0. The van der Waals surface area contributed by atoms with E-state index in [0.29, 0.717) is 48.3 Å². The molecule has 5 rings (SSSR count). The smallest absolute Gasteiger partial charge is 0.240 e. The third-order valence-electron chi connectivity index (χ3n) is 11.8. The second kappa shape index (κ2) is 10.4. The van der Waals surface area contributed by atoms with E-state index < -0.39 is 20.7 Å². The number of aliphatic hydroxyl groups is 2. The molecule has 10 atom stereocenters. The number of nitrogens with two attached hydrogens (primary N) is 1. The summed E-state index contributed by atoms with van der Waals surface area (Å²) >= 11 is 0. The van der Waals surface area contributed by atoms with Gasteiger partial charge in [-0.15, -0.1) is 0 Å². The second-order valence-electron chi connectivity index (χ2n) is 13.7. The van der Waals surface area contributed by atoms with Gasteiger partial charge >= 0.3 is 0 Å². The maximum atomic E-state index is 14.2. The monoisotopic (exact) mass is 564 g/mol. The van der Waals surface area contributed by atoms with Crippen molar-refractivity contribution in [3.05, 3.63) is 24.0 Å². The van der Waals surface area contributed by atoms with Crippen LogP contribution in [0.1, 0.15) is 85.0 Å². The summed E-state index contributed by atoms with van der Waals surface area (Å²) in [6.45, 7) is 7.08. The lowest BCUT2D eigenvalue weighted by molar-refractivity contribution is -0.174. The Morgan fingerprint density at radius 3 is 2.49 bits per heavy atom. The van der Waals surface area contributed by atoms with Gasteiger partial charge in [0.25, 0.3) is 0 Å². The summed E-state index contributed by atoms with van der Waals surface area (Å²) in [6.07, 6.45) is 8.54. The fraction of sp³-hybridized carbons (Fsp3) is 0.767. The molecule has 0 aliphatic heterocycles. The number of rotatable bonds is 6. The molecule has 1 amide bonds. The van der Waals surface area contributed by atoms with Gasteiger partial charge in [-0.2, -0.15) is 0 Å². The van der Waals surface area contributed by atoms with E-state index in [2.05, 4.69) is 26.1 Å². The molecular weight excluding hydrogens is 519 g/mol. The van der Waals surface area contributed by atoms with Gasteiger partial charge in [0.1, 0.15) is 10.7 Å². The fourth-order valence-electron chi connectivity index (χ4n) is 9.77. The van der Waals surface area contributed by atoms with E-state index >= 15 is 0 Å². The minimum atomic E-state index is -4.16. The molecule has 1 aromatic rings. The zero-order chi connectivity index (χ0) is 28.3. The summed E-state index contributed by atoms with van der Waals surface area (Å²) in [7, 11) is -4.16. The Hall–Kier alpha value is -1.55. The van der Waals surface area contributed by atoms with Crippen LogP contribution < -0.4 is 10.5 Å². The van der Waals surface area contributed by atoms with Crippen LogP contribution in [-0.4, -0.2) is 36.7 Å². The molecule has 0 bridgehead atoms. The number of hydrogen-bond acceptors (Lipinski definition) is 5. The normalized spacial score (nSPS) is 40.7. The zero-order valence-corrected chi connectivity index (χ0v) is 24.2. The van der Waals surface area contributed by atoms with Crippen molar-refractivity contribution in [2.75, 3.05) is 5.32 Å². The van der Waals surface area contributed by atoms with Gasteiger partial charge in [0.05, 0.1) is 12.2 Å². The lowest BCUT2D eigenvalue weighted by Gasteiger charge is -2.62. The average Bonchev–Trinajstić information content (AvgIpc) is 3.20. The van der Waals surface area contributed by atoms with Gasteiger partial charge in [-0.3, -0.25) is 4.79 Å². The lowest BCUT2D eigenvalue weighted by Crippen LogP contribution is -2.58. The zero-order valence-electron chi connectivity index (χ0n) is 23.4. The van der Waals surface area contributed by atoms with E-state index in [1.54, 1.807) is 0 Å². The molecule has 0 spiro atoms. The Morgan fingerprint density at radius 1 is 1.10 bits per heavy atom. The number of anilines is 1. The van der Waals surface area contributed by atoms with Crippen molar-refractivity contribution >= 4 is 21.6 Å². The number of carbonyl (C=O) groups excluding carboxylic acids is 1. The number of sulfonamides is 1. The standard InChI is InChI=1S/C30H45FN2O5S/c1-17(4-9-27(36)33-19-5-8-26(24(31)16-19)39(32,37)38)21-6-7-22-28-23(11-13-30(21,22)3)29(2)12-10-20(34)14-18(29)15-25(28)35/h5,8,16-18,20-23,25,28,34-35H,4,6-7,9-15H2,1-3H3,(H,33,36)(H2,32,37,38)/t17-,18+,20-,21-,22+,23+,25-,28+,29+,30-/m1/s1. The minimum absolute atomic E-state index is 0.141. The number of primary sulfonamides is 1. The van der Waals surface area contributed by atoms with Gasteiger partial charge in [0.2, 0.25) is 15.9 Å². The number of fused-ring (bicyclic) bond motifs is 5. The van der Waals surface area contributed by atoms with Crippen molar-refractivity contribution < 1.29 is 27.8 Å². The predicted molar refractivity (Wildman–Crippen MR) is 147 cm³/mol. The van der Waals surface area contributed by atoms with Crippen LogP contribution in [0.15, 0.2) is 23.1 Å². The van der Waals surface area contributed by atoms with Gasteiger partial charge in [-0.1, -0.05) is 20.8 Å². The Balaban J connectivity index is 1.22. The van der Waals surface area contributed by atoms with Crippen LogP contribution in [-0.2, 0) is 14.8 Å². The van der Waals surface area contributed by atoms with E-state index in [-0.39, 0.29) is 34.6 Å². The molecule has 1 aromatic carbocycles. The molecule has 4 fully saturated rings. The van der Waals surface area contributed by atoms with E-state index in [4.69, 9.17) is 5.14 Å². The molecule has 0 unspecified atom stereocenters. The molecule has 0 aromatic heterocycles. The lowest BCUT2D eigenvalue weighted by atomic mass is 9.43. The van der Waals surface area contributed by atoms with Crippen LogP contribution in [0.2, 0.25) is 0 Å². The summed E-state index contributed by atoms with van der Waals surface area (Å²) in [4.78, 5) is 12.1. The number of amides is 1. The predicted octanol–water partition coefficient (Wildman–Crippen LogP) is 4.82. The Labute approximate surface area is 232 Å². The van der Waals surface area contributed by atoms with Crippen molar-refractivity contribution in [3.8, 4) is 0 Å². The first-order valence-corrected chi connectivity index (χ1v) is 16.3. The first-order valence-electron chi connectivity index (χ1n) is 14.7. The molecule has 4 aliphatic carbocycles. The van der Waals surface area contributed by atoms with Crippen LogP contribution in [0, 0.1) is 52.2 Å². The van der Waals surface area contributed by atoms with E-state index in [1.165, 1.54) is 6.07 Å². The molecule has 39 heavy (non-hydrogen) atoms. The van der Waals surface area contributed by atoms with Gasteiger partial charge < -0.3 is 15.5 Å². The summed E-state index contributed by atoms with van der Waals surface area (Å²) in [6, 6.07) is 3.39. The minimum Gasteiger partial charge on any atom is -0.393 e. The molecule has 5 N–H and O–H groups in total. The Bertz CT molecular complexity index is 1210. The van der Waals surface area contributed by atoms with Crippen LogP contribution in [0.5, 0.6) is 0 Å². The van der Waals surface area contributed by atoms with Gasteiger partial charge in [-0.25, -0.2) is 17.9 Å². The van der Waals surface area contributed by atoms with Crippen molar-refractivity contribution in [1.82, 2.24) is 0 Å². The molecular formula is C30H45FN2O5S. The Morgan fingerprint density at radius 2 is 1.79 bits per heavy atom. The van der Waals surface area contributed by atoms with Crippen molar-refractivity contribution in [2.24, 2.45) is 51.5 Å². The van der Waals surface area contributed by atoms with Crippen molar-refractivity contribution in [3.63, 3.8) is 0 Å². The van der Waals surface area contributed by atoms with Gasteiger partial charge in [-0.05, 0) is 122 Å². The van der Waals surface area contributed by atoms with Crippen molar-refractivity contribution in [2.45, 2.75) is 102 Å². The van der Waals surface area contributed by atoms with Crippen LogP contribution in [0.4, 0.5) is 10.1 Å². The topological polar surface area (TPSA) is 130 Å². The maximum absolute atomic E-state index is 14.2. The highest BCUT2D eigenvalue weighted by Crippen LogP contribution is 2.68. The second-order valence-corrected chi connectivity index (χ2v) is 15.2. The molecule has 4 saturated carbocycles.